The molecule has 2 aromatic heterocycles. The van der Waals surface area contributed by atoms with Gasteiger partial charge in [-0.2, -0.15) is 0 Å². The van der Waals surface area contributed by atoms with Crippen LogP contribution in [0, 0.1) is 0 Å². The predicted octanol–water partition coefficient (Wildman–Crippen LogP) is 1.39. The van der Waals surface area contributed by atoms with E-state index in [9.17, 15) is 4.79 Å². The number of hydrogen-bond acceptors (Lipinski definition) is 3. The van der Waals surface area contributed by atoms with Gasteiger partial charge < -0.3 is 9.84 Å². The number of pyridine rings is 1. The quantitative estimate of drug-likeness (QED) is 0.670. The van der Waals surface area contributed by atoms with E-state index in [2.05, 4.69) is 9.72 Å². The van der Waals surface area contributed by atoms with Crippen molar-refractivity contribution in [2.45, 2.75) is 0 Å². The third-order valence-electron chi connectivity index (χ3n) is 1.57. The molecule has 2 heterocycles. The summed E-state index contributed by atoms with van der Waals surface area (Å²) in [4.78, 5) is 14.2. The molecule has 0 fully saturated rings. The number of rotatable bonds is 1. The first-order valence-electron chi connectivity index (χ1n) is 3.60. The normalized spacial score (nSPS) is 10.2. The standard InChI is InChI=1S/C8H6N2O3/c11-8(12)13-7-5-9-6-3-1-2-4-10(6)7/h1-5H,(H,11,12). The van der Waals surface area contributed by atoms with Crippen molar-refractivity contribution in [3.63, 3.8) is 0 Å². The van der Waals surface area contributed by atoms with Gasteiger partial charge in [0.25, 0.3) is 0 Å². The SMILES string of the molecule is O=C(O)Oc1cnc2ccccn12. The van der Waals surface area contributed by atoms with Crippen LogP contribution in [0.1, 0.15) is 0 Å². The van der Waals surface area contributed by atoms with E-state index in [0.717, 1.165) is 0 Å². The Morgan fingerprint density at radius 2 is 2.38 bits per heavy atom. The molecule has 66 valence electrons. The molecule has 0 aromatic carbocycles. The highest BCUT2D eigenvalue weighted by Gasteiger charge is 2.06. The average Bonchev–Trinajstić information content (AvgIpc) is 2.48. The Kier molecular flexibility index (Phi) is 1.63. The van der Waals surface area contributed by atoms with E-state index in [1.165, 1.54) is 6.20 Å². The molecule has 0 bridgehead atoms. The van der Waals surface area contributed by atoms with Gasteiger partial charge in [-0.3, -0.25) is 4.40 Å². The topological polar surface area (TPSA) is 63.8 Å². The summed E-state index contributed by atoms with van der Waals surface area (Å²) < 4.78 is 6.03. The fourth-order valence-corrected chi connectivity index (χ4v) is 1.07. The van der Waals surface area contributed by atoms with E-state index >= 15 is 0 Å². The van der Waals surface area contributed by atoms with E-state index < -0.39 is 6.16 Å². The maximum atomic E-state index is 10.2. The minimum absolute atomic E-state index is 0.197. The molecule has 2 aromatic rings. The van der Waals surface area contributed by atoms with Crippen LogP contribution < -0.4 is 4.74 Å². The van der Waals surface area contributed by atoms with Crippen molar-refractivity contribution in [3.05, 3.63) is 30.6 Å². The summed E-state index contributed by atoms with van der Waals surface area (Å²) >= 11 is 0. The van der Waals surface area contributed by atoms with Gasteiger partial charge in [0.15, 0.2) is 0 Å². The Morgan fingerprint density at radius 1 is 1.54 bits per heavy atom. The Morgan fingerprint density at radius 3 is 3.15 bits per heavy atom. The van der Waals surface area contributed by atoms with Crippen LogP contribution in [-0.2, 0) is 0 Å². The van der Waals surface area contributed by atoms with E-state index in [1.807, 2.05) is 6.07 Å². The van der Waals surface area contributed by atoms with Crippen LogP contribution in [0.3, 0.4) is 0 Å². The predicted molar refractivity (Wildman–Crippen MR) is 43.8 cm³/mol. The summed E-state index contributed by atoms with van der Waals surface area (Å²) in [7, 11) is 0. The molecule has 0 saturated carbocycles. The molecule has 0 aliphatic rings. The first-order valence-corrected chi connectivity index (χ1v) is 3.60. The van der Waals surface area contributed by atoms with Crippen LogP contribution in [0.25, 0.3) is 5.65 Å². The summed E-state index contributed by atoms with van der Waals surface area (Å²) in [6, 6.07) is 5.34. The first kappa shape index (κ1) is 7.60. The zero-order valence-corrected chi connectivity index (χ0v) is 6.54. The number of fused-ring (bicyclic) bond motifs is 1. The van der Waals surface area contributed by atoms with Crippen LogP contribution in [0.2, 0.25) is 0 Å². The van der Waals surface area contributed by atoms with Gasteiger partial charge in [-0.15, -0.1) is 0 Å². The maximum Gasteiger partial charge on any atom is 0.512 e. The van der Waals surface area contributed by atoms with Crippen molar-refractivity contribution < 1.29 is 14.6 Å². The average molecular weight is 178 g/mol. The van der Waals surface area contributed by atoms with Gasteiger partial charge >= 0.3 is 6.16 Å². The number of hydrogen-bond donors (Lipinski definition) is 1. The molecule has 1 N–H and O–H groups in total. The number of aromatic nitrogens is 2. The second kappa shape index (κ2) is 2.78. The summed E-state index contributed by atoms with van der Waals surface area (Å²) in [5.74, 6) is 0.197. The Bertz CT molecular complexity index is 449. The molecule has 0 saturated heterocycles. The van der Waals surface area contributed by atoms with Crippen molar-refractivity contribution in [1.29, 1.82) is 0 Å². The van der Waals surface area contributed by atoms with E-state index in [4.69, 9.17) is 5.11 Å². The van der Waals surface area contributed by atoms with Gasteiger partial charge in [0, 0.05) is 6.20 Å². The smallest absolute Gasteiger partial charge is 0.449 e. The number of ether oxygens (including phenoxy) is 1. The highest BCUT2D eigenvalue weighted by Crippen LogP contribution is 2.13. The van der Waals surface area contributed by atoms with Crippen LogP contribution in [-0.4, -0.2) is 20.6 Å². The largest absolute Gasteiger partial charge is 0.512 e. The zero-order valence-electron chi connectivity index (χ0n) is 6.54. The van der Waals surface area contributed by atoms with Gasteiger partial charge in [-0.1, -0.05) is 6.07 Å². The van der Waals surface area contributed by atoms with Gasteiger partial charge in [0.05, 0.1) is 6.20 Å². The second-order valence-corrected chi connectivity index (χ2v) is 2.39. The number of carbonyl (C=O) groups is 1. The summed E-state index contributed by atoms with van der Waals surface area (Å²) in [6.07, 6.45) is 1.70. The molecular weight excluding hydrogens is 172 g/mol. The molecule has 0 atom stereocenters. The van der Waals surface area contributed by atoms with Gasteiger partial charge in [-0.25, -0.2) is 9.78 Å². The lowest BCUT2D eigenvalue weighted by Gasteiger charge is -1.97. The van der Waals surface area contributed by atoms with Crippen LogP contribution >= 0.6 is 0 Å². The van der Waals surface area contributed by atoms with Crippen LogP contribution in [0.15, 0.2) is 30.6 Å². The molecule has 0 spiro atoms. The van der Waals surface area contributed by atoms with Gasteiger partial charge in [-0.05, 0) is 12.1 Å². The van der Waals surface area contributed by atoms with Crippen LogP contribution in [0.4, 0.5) is 4.79 Å². The molecule has 5 heteroatoms. The van der Waals surface area contributed by atoms with Gasteiger partial charge in [0.1, 0.15) is 5.65 Å². The summed E-state index contributed by atoms with van der Waals surface area (Å²) in [5, 5.41) is 8.38. The van der Waals surface area contributed by atoms with Crippen molar-refractivity contribution in [1.82, 2.24) is 9.38 Å². The lowest BCUT2D eigenvalue weighted by Crippen LogP contribution is -2.04. The third kappa shape index (κ3) is 1.31. The maximum absolute atomic E-state index is 10.2. The van der Waals surface area contributed by atoms with E-state index in [-0.39, 0.29) is 5.88 Å². The zero-order chi connectivity index (χ0) is 9.26. The molecule has 0 aliphatic carbocycles. The molecule has 5 nitrogen and oxygen atoms in total. The molecule has 0 amide bonds. The fraction of sp³-hybridized carbons (Fsp3) is 0. The Labute approximate surface area is 73.2 Å². The Hall–Kier alpha value is -2.04. The highest BCUT2D eigenvalue weighted by atomic mass is 16.7. The Balaban J connectivity index is 2.51. The molecule has 0 aliphatic heterocycles. The molecule has 0 unspecified atom stereocenters. The molecular formula is C8H6N2O3. The third-order valence-corrected chi connectivity index (χ3v) is 1.57. The number of nitrogens with zero attached hydrogens (tertiary/aromatic N) is 2. The second-order valence-electron chi connectivity index (χ2n) is 2.39. The molecule has 2 rings (SSSR count). The summed E-state index contributed by atoms with van der Waals surface area (Å²) in [5.41, 5.74) is 0.652. The summed E-state index contributed by atoms with van der Waals surface area (Å²) in [6.45, 7) is 0. The van der Waals surface area contributed by atoms with Crippen molar-refractivity contribution in [2.24, 2.45) is 0 Å². The molecule has 0 radical (unpaired) electrons. The van der Waals surface area contributed by atoms with Crippen LogP contribution in [0.5, 0.6) is 5.88 Å². The monoisotopic (exact) mass is 178 g/mol. The van der Waals surface area contributed by atoms with Crippen molar-refractivity contribution >= 4 is 11.8 Å². The number of carboxylic acid groups (broad SMARTS) is 1. The number of imidazole rings is 1. The highest BCUT2D eigenvalue weighted by molar-refractivity contribution is 5.61. The van der Waals surface area contributed by atoms with Crippen molar-refractivity contribution in [3.8, 4) is 5.88 Å². The van der Waals surface area contributed by atoms with Crippen molar-refractivity contribution in [2.75, 3.05) is 0 Å². The lowest BCUT2D eigenvalue weighted by atomic mass is 10.5. The minimum Gasteiger partial charge on any atom is -0.449 e. The lowest BCUT2D eigenvalue weighted by molar-refractivity contribution is 0.142. The van der Waals surface area contributed by atoms with Gasteiger partial charge in [0.2, 0.25) is 5.88 Å². The first-order chi connectivity index (χ1) is 6.27. The van der Waals surface area contributed by atoms with E-state index in [0.29, 0.717) is 5.65 Å². The van der Waals surface area contributed by atoms with E-state index in [1.54, 1.807) is 22.7 Å². The molecule has 13 heavy (non-hydrogen) atoms. The fourth-order valence-electron chi connectivity index (χ4n) is 1.07. The minimum atomic E-state index is -1.34.